The van der Waals surface area contributed by atoms with Gasteiger partial charge in [-0.1, -0.05) is 19.9 Å². The van der Waals surface area contributed by atoms with Crippen LogP contribution < -0.4 is 5.32 Å². The van der Waals surface area contributed by atoms with Gasteiger partial charge in [0.15, 0.2) is 0 Å². The van der Waals surface area contributed by atoms with Crippen molar-refractivity contribution < 1.29 is 4.74 Å². The Labute approximate surface area is 123 Å². The maximum atomic E-state index is 5.00. The van der Waals surface area contributed by atoms with E-state index in [9.17, 15) is 0 Å². The second-order valence-corrected chi connectivity index (χ2v) is 6.61. The summed E-state index contributed by atoms with van der Waals surface area (Å²) >= 11 is 5.58. The van der Waals surface area contributed by atoms with Gasteiger partial charge in [-0.05, 0) is 40.0 Å². The van der Waals surface area contributed by atoms with Crippen LogP contribution in [0.3, 0.4) is 0 Å². The molecule has 0 heterocycles. The number of nitrogens with one attached hydrogen (secondary N) is 1. The van der Waals surface area contributed by atoms with Gasteiger partial charge < -0.3 is 10.1 Å². The van der Waals surface area contributed by atoms with E-state index in [1.807, 2.05) is 11.8 Å². The topological polar surface area (TPSA) is 21.3 Å². The quantitative estimate of drug-likeness (QED) is 0.573. The summed E-state index contributed by atoms with van der Waals surface area (Å²) in [5.74, 6) is 0. The van der Waals surface area contributed by atoms with E-state index in [-0.39, 0.29) is 0 Å². The molecule has 0 saturated carbocycles. The van der Waals surface area contributed by atoms with Crippen molar-refractivity contribution >= 4 is 27.7 Å². The highest BCUT2D eigenvalue weighted by molar-refractivity contribution is 9.10. The number of ether oxygens (including phenoxy) is 1. The minimum absolute atomic E-state index is 0.659. The van der Waals surface area contributed by atoms with E-state index >= 15 is 0 Å². The van der Waals surface area contributed by atoms with E-state index in [1.165, 1.54) is 21.4 Å². The zero-order valence-electron chi connectivity index (χ0n) is 11.3. The summed E-state index contributed by atoms with van der Waals surface area (Å²) in [6.07, 6.45) is 1.19. The van der Waals surface area contributed by atoms with Crippen LogP contribution in [-0.2, 0) is 11.3 Å². The normalized spacial score (nSPS) is 12.7. The van der Waals surface area contributed by atoms with Crippen LogP contribution in [0.5, 0.6) is 0 Å². The number of methoxy groups -OCH3 is 1. The molecule has 0 aliphatic carbocycles. The summed E-state index contributed by atoms with van der Waals surface area (Å²) in [6, 6.07) is 6.59. The average molecular weight is 332 g/mol. The molecule has 0 amide bonds. The van der Waals surface area contributed by atoms with Gasteiger partial charge in [0, 0.05) is 34.8 Å². The zero-order chi connectivity index (χ0) is 13.4. The molecule has 2 nitrogen and oxygen atoms in total. The molecule has 0 aliphatic heterocycles. The molecule has 0 aliphatic rings. The lowest BCUT2D eigenvalue weighted by Crippen LogP contribution is -2.18. The van der Waals surface area contributed by atoms with E-state index in [1.54, 1.807) is 7.11 Å². The summed E-state index contributed by atoms with van der Waals surface area (Å²) in [6.45, 7) is 7.01. The molecule has 1 N–H and O–H groups in total. The largest absolute Gasteiger partial charge is 0.383 e. The summed E-state index contributed by atoms with van der Waals surface area (Å²) in [7, 11) is 1.72. The molecule has 102 valence electrons. The Hall–Kier alpha value is -0.0300. The number of thioether (sulfide) groups is 1. The molecule has 4 heteroatoms. The first-order chi connectivity index (χ1) is 8.67. The monoisotopic (exact) mass is 331 g/mol. The van der Waals surface area contributed by atoms with Gasteiger partial charge in [-0.2, -0.15) is 0 Å². The van der Waals surface area contributed by atoms with E-state index in [0.717, 1.165) is 19.7 Å². The van der Waals surface area contributed by atoms with E-state index in [0.29, 0.717) is 5.25 Å². The molecule has 1 unspecified atom stereocenters. The van der Waals surface area contributed by atoms with Gasteiger partial charge in [-0.3, -0.25) is 0 Å². The first-order valence-electron chi connectivity index (χ1n) is 6.32. The lowest BCUT2D eigenvalue weighted by atomic mass is 10.2. The van der Waals surface area contributed by atoms with Gasteiger partial charge in [0.2, 0.25) is 0 Å². The number of benzene rings is 1. The molecule has 0 radical (unpaired) electrons. The Morgan fingerprint density at radius 2 is 2.22 bits per heavy atom. The second kappa shape index (κ2) is 8.97. The molecule has 0 bridgehead atoms. The molecule has 0 spiro atoms. The van der Waals surface area contributed by atoms with Crippen LogP contribution in [0, 0.1) is 0 Å². The summed E-state index contributed by atoms with van der Waals surface area (Å²) in [4.78, 5) is 1.32. The number of hydrogen-bond donors (Lipinski definition) is 1. The second-order valence-electron chi connectivity index (χ2n) is 4.27. The van der Waals surface area contributed by atoms with Crippen LogP contribution >= 0.6 is 27.7 Å². The molecule has 1 rings (SSSR count). The van der Waals surface area contributed by atoms with E-state index in [4.69, 9.17) is 4.74 Å². The Bertz CT molecular complexity index is 360. The summed E-state index contributed by atoms with van der Waals surface area (Å²) in [5.41, 5.74) is 1.30. The van der Waals surface area contributed by atoms with Crippen molar-refractivity contribution in [1.29, 1.82) is 0 Å². The first kappa shape index (κ1) is 16.0. The van der Waals surface area contributed by atoms with Gasteiger partial charge in [-0.25, -0.2) is 0 Å². The van der Waals surface area contributed by atoms with Crippen molar-refractivity contribution in [3.8, 4) is 0 Å². The van der Waals surface area contributed by atoms with Crippen LogP contribution in [0.25, 0.3) is 0 Å². The fraction of sp³-hybridized carbons (Fsp3) is 0.571. The molecule has 0 fully saturated rings. The lowest BCUT2D eigenvalue weighted by Gasteiger charge is -2.11. The molecule has 1 atom stereocenters. The minimum Gasteiger partial charge on any atom is -0.383 e. The third-order valence-corrected chi connectivity index (χ3v) is 4.98. The molecule has 18 heavy (non-hydrogen) atoms. The fourth-order valence-electron chi connectivity index (χ4n) is 1.46. The van der Waals surface area contributed by atoms with Crippen LogP contribution in [0.2, 0.25) is 0 Å². The van der Waals surface area contributed by atoms with Crippen LogP contribution in [-0.4, -0.2) is 25.5 Å². The van der Waals surface area contributed by atoms with Crippen molar-refractivity contribution in [2.75, 3.05) is 20.3 Å². The summed E-state index contributed by atoms with van der Waals surface area (Å²) in [5, 5.41) is 4.01. The third-order valence-electron chi connectivity index (χ3n) is 2.71. The van der Waals surface area contributed by atoms with Crippen molar-refractivity contribution in [2.24, 2.45) is 0 Å². The predicted molar refractivity (Wildman–Crippen MR) is 83.3 cm³/mol. The van der Waals surface area contributed by atoms with Crippen molar-refractivity contribution in [1.82, 2.24) is 5.32 Å². The van der Waals surface area contributed by atoms with Crippen molar-refractivity contribution in [3.63, 3.8) is 0 Å². The molecule has 1 aromatic carbocycles. The number of hydrogen-bond acceptors (Lipinski definition) is 3. The fourth-order valence-corrected chi connectivity index (χ4v) is 3.08. The molecular formula is C14H22BrNOS. The van der Waals surface area contributed by atoms with Crippen molar-refractivity contribution in [2.45, 2.75) is 37.0 Å². The van der Waals surface area contributed by atoms with Crippen LogP contribution in [0.4, 0.5) is 0 Å². The number of halogens is 1. The Balaban J connectivity index is 2.51. The molecule has 1 aromatic rings. The van der Waals surface area contributed by atoms with Crippen LogP contribution in [0.15, 0.2) is 27.6 Å². The predicted octanol–water partition coefficient (Wildman–Crippen LogP) is 4.08. The average Bonchev–Trinajstić information content (AvgIpc) is 2.37. The number of rotatable bonds is 8. The molecule has 0 aromatic heterocycles. The van der Waals surface area contributed by atoms with Crippen molar-refractivity contribution in [3.05, 3.63) is 28.2 Å². The lowest BCUT2D eigenvalue weighted by molar-refractivity contribution is 0.199. The summed E-state index contributed by atoms with van der Waals surface area (Å²) < 4.78 is 6.20. The van der Waals surface area contributed by atoms with Crippen LogP contribution in [0.1, 0.15) is 25.8 Å². The first-order valence-corrected chi connectivity index (χ1v) is 7.99. The Morgan fingerprint density at radius 1 is 1.44 bits per heavy atom. The van der Waals surface area contributed by atoms with E-state index in [2.05, 4.69) is 53.3 Å². The Kier molecular flexibility index (Phi) is 7.98. The van der Waals surface area contributed by atoms with E-state index < -0.39 is 0 Å². The van der Waals surface area contributed by atoms with Gasteiger partial charge in [0.05, 0.1) is 6.61 Å². The Morgan fingerprint density at radius 3 is 2.83 bits per heavy atom. The zero-order valence-corrected chi connectivity index (χ0v) is 13.7. The standard InChI is InChI=1S/C14H22BrNOS/c1-4-11(2)18-14-6-5-12(9-13(14)15)10-16-7-8-17-3/h5-6,9,11,16H,4,7-8,10H2,1-3H3. The van der Waals surface area contributed by atoms with Gasteiger partial charge in [0.1, 0.15) is 0 Å². The minimum atomic E-state index is 0.659. The SMILES string of the molecule is CCC(C)Sc1ccc(CNCCOC)cc1Br. The van der Waals surface area contributed by atoms with Gasteiger partial charge in [-0.15, -0.1) is 11.8 Å². The maximum Gasteiger partial charge on any atom is 0.0587 e. The highest BCUT2D eigenvalue weighted by Crippen LogP contribution is 2.32. The third kappa shape index (κ3) is 5.74. The molecular weight excluding hydrogens is 310 g/mol. The molecule has 0 saturated heterocycles. The maximum absolute atomic E-state index is 5.00. The van der Waals surface area contributed by atoms with Gasteiger partial charge in [0.25, 0.3) is 0 Å². The highest BCUT2D eigenvalue weighted by Gasteiger charge is 2.06. The van der Waals surface area contributed by atoms with Gasteiger partial charge >= 0.3 is 0 Å². The highest BCUT2D eigenvalue weighted by atomic mass is 79.9. The smallest absolute Gasteiger partial charge is 0.0587 e.